The number of thioether (sulfide) groups is 1. The summed E-state index contributed by atoms with van der Waals surface area (Å²) in [7, 11) is 0. The third kappa shape index (κ3) is 2.63. The number of aromatic nitrogens is 2. The van der Waals surface area contributed by atoms with E-state index in [1.807, 2.05) is 4.90 Å². The lowest BCUT2D eigenvalue weighted by atomic mass is 9.90. The van der Waals surface area contributed by atoms with E-state index in [0.717, 1.165) is 19.1 Å². The zero-order valence-corrected chi connectivity index (χ0v) is 13.6. The highest BCUT2D eigenvalue weighted by molar-refractivity contribution is 8.01. The van der Waals surface area contributed by atoms with E-state index in [2.05, 4.69) is 26.6 Å². The Hall–Kier alpha value is -1.14. The number of nitrogens with zero attached hydrogens (tertiary/aromatic N) is 4. The summed E-state index contributed by atoms with van der Waals surface area (Å²) in [6.07, 6.45) is 10.0. The van der Waals surface area contributed by atoms with Crippen LogP contribution in [-0.2, 0) is 0 Å². The molecule has 3 aliphatic rings. The number of rotatable bonds is 2. The van der Waals surface area contributed by atoms with Gasteiger partial charge in [0.05, 0.1) is 10.3 Å². The highest BCUT2D eigenvalue weighted by Crippen LogP contribution is 2.47. The Morgan fingerprint density at radius 3 is 2.64 bits per heavy atom. The molecule has 0 radical (unpaired) electrons. The molecule has 3 fully saturated rings. The summed E-state index contributed by atoms with van der Waals surface area (Å²) >= 11 is 2.08. The van der Waals surface area contributed by atoms with Gasteiger partial charge in [-0.3, -0.25) is 9.69 Å². The van der Waals surface area contributed by atoms with Crippen molar-refractivity contribution in [2.75, 3.05) is 31.9 Å². The number of hydrogen-bond donors (Lipinski definition) is 0. The Morgan fingerprint density at radius 2 is 1.91 bits per heavy atom. The van der Waals surface area contributed by atoms with Crippen LogP contribution in [0.1, 0.15) is 36.0 Å². The second kappa shape index (κ2) is 5.81. The van der Waals surface area contributed by atoms with Gasteiger partial charge < -0.3 is 4.90 Å². The molecule has 5 nitrogen and oxygen atoms in total. The Labute approximate surface area is 135 Å². The lowest BCUT2D eigenvalue weighted by Crippen LogP contribution is -2.61. The lowest BCUT2D eigenvalue weighted by molar-refractivity contribution is 0.0517. The number of carbonyl (C=O) groups is 1. The van der Waals surface area contributed by atoms with Gasteiger partial charge in [0.15, 0.2) is 0 Å². The summed E-state index contributed by atoms with van der Waals surface area (Å²) in [6.45, 7) is 4.31. The second-order valence-electron chi connectivity index (χ2n) is 6.74. The average molecular weight is 318 g/mol. The van der Waals surface area contributed by atoms with Crippen LogP contribution in [0.25, 0.3) is 0 Å². The number of piperidine rings is 1. The third-order valence-corrected chi connectivity index (χ3v) is 6.74. The summed E-state index contributed by atoms with van der Waals surface area (Å²) in [5, 5.41) is 0. The highest BCUT2D eigenvalue weighted by Gasteiger charge is 2.51. The molecule has 0 aliphatic carbocycles. The van der Waals surface area contributed by atoms with Crippen LogP contribution in [0.2, 0.25) is 0 Å². The van der Waals surface area contributed by atoms with Gasteiger partial charge in [-0.15, -0.1) is 11.8 Å². The largest absolute Gasteiger partial charge is 0.336 e. The number of amides is 1. The van der Waals surface area contributed by atoms with Gasteiger partial charge in [0.1, 0.15) is 6.33 Å². The van der Waals surface area contributed by atoms with Crippen molar-refractivity contribution in [3.8, 4) is 0 Å². The molecule has 0 bridgehead atoms. The van der Waals surface area contributed by atoms with E-state index < -0.39 is 0 Å². The molecule has 1 aromatic heterocycles. The second-order valence-corrected chi connectivity index (χ2v) is 8.22. The van der Waals surface area contributed by atoms with E-state index in [1.54, 1.807) is 12.4 Å². The van der Waals surface area contributed by atoms with Crippen LogP contribution in [0.5, 0.6) is 0 Å². The summed E-state index contributed by atoms with van der Waals surface area (Å²) in [6, 6.07) is 0.725. The van der Waals surface area contributed by atoms with Crippen molar-refractivity contribution >= 4 is 17.7 Å². The topological polar surface area (TPSA) is 49.3 Å². The maximum atomic E-state index is 12.4. The normalized spacial score (nSPS) is 27.8. The van der Waals surface area contributed by atoms with Gasteiger partial charge in [0.2, 0.25) is 0 Å². The summed E-state index contributed by atoms with van der Waals surface area (Å²) in [5.41, 5.74) is 0.605. The summed E-state index contributed by atoms with van der Waals surface area (Å²) in [5.74, 6) is 1.31. The fourth-order valence-corrected chi connectivity index (χ4v) is 5.62. The molecule has 4 heterocycles. The number of carbonyl (C=O) groups excluding carboxylic acids is 1. The predicted molar refractivity (Wildman–Crippen MR) is 87.0 cm³/mol. The van der Waals surface area contributed by atoms with Gasteiger partial charge in [-0.2, -0.15) is 0 Å². The molecule has 1 unspecified atom stereocenters. The molecule has 1 amide bonds. The lowest BCUT2D eigenvalue weighted by Gasteiger charge is -2.48. The number of likely N-dealkylation sites (tertiary alicyclic amines) is 2. The molecule has 1 atom stereocenters. The van der Waals surface area contributed by atoms with Gasteiger partial charge >= 0.3 is 0 Å². The first kappa shape index (κ1) is 14.5. The van der Waals surface area contributed by atoms with Gasteiger partial charge in [0, 0.05) is 37.3 Å². The maximum absolute atomic E-state index is 12.4. The molecular formula is C16H22N4OS. The van der Waals surface area contributed by atoms with Crippen molar-refractivity contribution in [3.05, 3.63) is 24.3 Å². The molecule has 0 aromatic carbocycles. The van der Waals surface area contributed by atoms with Crippen molar-refractivity contribution in [3.63, 3.8) is 0 Å². The van der Waals surface area contributed by atoms with Crippen LogP contribution in [-0.4, -0.2) is 68.4 Å². The molecule has 118 valence electrons. The van der Waals surface area contributed by atoms with E-state index in [-0.39, 0.29) is 5.91 Å². The molecule has 1 aromatic rings. The molecule has 6 heteroatoms. The van der Waals surface area contributed by atoms with Crippen molar-refractivity contribution in [2.45, 2.75) is 36.5 Å². The van der Waals surface area contributed by atoms with E-state index in [4.69, 9.17) is 0 Å². The third-order valence-electron chi connectivity index (χ3n) is 5.15. The maximum Gasteiger partial charge on any atom is 0.257 e. The monoisotopic (exact) mass is 318 g/mol. The van der Waals surface area contributed by atoms with Crippen molar-refractivity contribution in [2.24, 2.45) is 0 Å². The summed E-state index contributed by atoms with van der Waals surface area (Å²) in [4.78, 5) is 24.9. The Bertz CT molecular complexity index is 540. The van der Waals surface area contributed by atoms with Gasteiger partial charge in [-0.05, 0) is 32.4 Å². The standard InChI is InChI=1S/C16H22N4OS/c21-15(13-7-17-12-18-8-13)20-10-16(11-20)6-14(9-22-16)19-4-2-1-3-5-19/h7-8,12,14H,1-6,9-11H2. The highest BCUT2D eigenvalue weighted by atomic mass is 32.2. The molecule has 1 spiro atoms. The van der Waals surface area contributed by atoms with E-state index in [0.29, 0.717) is 10.3 Å². The van der Waals surface area contributed by atoms with E-state index in [1.165, 1.54) is 50.9 Å². The first-order chi connectivity index (χ1) is 10.8. The Kier molecular flexibility index (Phi) is 3.82. The zero-order chi connectivity index (χ0) is 15.0. The SMILES string of the molecule is O=C(c1cncnc1)N1CC2(CC(N3CCCCC3)CS2)C1. The fourth-order valence-electron chi connectivity index (χ4n) is 3.94. The van der Waals surface area contributed by atoms with Gasteiger partial charge in [-0.1, -0.05) is 6.42 Å². The minimum absolute atomic E-state index is 0.0771. The number of hydrogen-bond acceptors (Lipinski definition) is 5. The smallest absolute Gasteiger partial charge is 0.257 e. The minimum atomic E-state index is 0.0771. The Balaban J connectivity index is 1.34. The molecule has 3 aliphatic heterocycles. The van der Waals surface area contributed by atoms with Crippen LogP contribution in [0.4, 0.5) is 0 Å². The average Bonchev–Trinajstić information content (AvgIpc) is 3.00. The molecule has 4 rings (SSSR count). The van der Waals surface area contributed by atoms with Crippen molar-refractivity contribution in [1.82, 2.24) is 19.8 Å². The van der Waals surface area contributed by atoms with Gasteiger partial charge in [0.25, 0.3) is 5.91 Å². The van der Waals surface area contributed by atoms with Gasteiger partial charge in [-0.25, -0.2) is 9.97 Å². The predicted octanol–water partition coefficient (Wildman–Crippen LogP) is 1.66. The molecule has 22 heavy (non-hydrogen) atoms. The van der Waals surface area contributed by atoms with E-state index >= 15 is 0 Å². The molecule has 0 N–H and O–H groups in total. The molecule has 3 saturated heterocycles. The quantitative estimate of drug-likeness (QED) is 0.830. The van der Waals surface area contributed by atoms with Crippen molar-refractivity contribution < 1.29 is 4.79 Å². The van der Waals surface area contributed by atoms with Crippen LogP contribution < -0.4 is 0 Å². The minimum Gasteiger partial charge on any atom is -0.336 e. The molecule has 0 saturated carbocycles. The van der Waals surface area contributed by atoms with Crippen LogP contribution in [0, 0.1) is 0 Å². The summed E-state index contributed by atoms with van der Waals surface area (Å²) < 4.78 is 0.313. The van der Waals surface area contributed by atoms with Crippen LogP contribution in [0.3, 0.4) is 0 Å². The zero-order valence-electron chi connectivity index (χ0n) is 12.8. The fraction of sp³-hybridized carbons (Fsp3) is 0.688. The van der Waals surface area contributed by atoms with Crippen LogP contribution in [0.15, 0.2) is 18.7 Å². The first-order valence-electron chi connectivity index (χ1n) is 8.18. The Morgan fingerprint density at radius 1 is 1.18 bits per heavy atom. The van der Waals surface area contributed by atoms with Crippen molar-refractivity contribution in [1.29, 1.82) is 0 Å². The van der Waals surface area contributed by atoms with E-state index in [9.17, 15) is 4.79 Å². The molecular weight excluding hydrogens is 296 g/mol. The first-order valence-corrected chi connectivity index (χ1v) is 9.17. The van der Waals surface area contributed by atoms with Crippen LogP contribution >= 0.6 is 11.8 Å².